The molecule has 0 radical (unpaired) electrons. The number of hydrogen-bond acceptors (Lipinski definition) is 4. The van der Waals surface area contributed by atoms with Crippen LogP contribution in [0.1, 0.15) is 25.5 Å². The quantitative estimate of drug-likeness (QED) is 0.761. The Balaban J connectivity index is 2.63. The lowest BCUT2D eigenvalue weighted by molar-refractivity contribution is 0.0190. The summed E-state index contributed by atoms with van der Waals surface area (Å²) in [6.45, 7) is 4.34. The van der Waals surface area contributed by atoms with Crippen LogP contribution in [0.15, 0.2) is 10.6 Å². The molecule has 4 nitrogen and oxygen atoms in total. The fourth-order valence-corrected chi connectivity index (χ4v) is 1.02. The van der Waals surface area contributed by atoms with Gasteiger partial charge in [0, 0.05) is 13.5 Å². The molecule has 1 aromatic heterocycles. The third-order valence-electron chi connectivity index (χ3n) is 1.93. The molecule has 0 atom stereocenters. The highest BCUT2D eigenvalue weighted by Gasteiger charge is 2.19. The first-order valence-electron chi connectivity index (χ1n) is 4.26. The molecule has 2 N–H and O–H groups in total. The largest absolute Gasteiger partial charge is 0.444 e. The van der Waals surface area contributed by atoms with E-state index in [4.69, 9.17) is 14.9 Å². The maximum absolute atomic E-state index is 5.37. The molecule has 0 aromatic carbocycles. The zero-order chi connectivity index (χ0) is 9.90. The summed E-state index contributed by atoms with van der Waals surface area (Å²) in [7, 11) is 1.68. The van der Waals surface area contributed by atoms with Crippen LogP contribution in [-0.2, 0) is 17.7 Å². The monoisotopic (exact) mass is 184 g/mol. The Morgan fingerprint density at radius 2 is 2.31 bits per heavy atom. The summed E-state index contributed by atoms with van der Waals surface area (Å²) in [5, 5.41) is 0. The van der Waals surface area contributed by atoms with Gasteiger partial charge in [-0.3, -0.25) is 0 Å². The van der Waals surface area contributed by atoms with Gasteiger partial charge < -0.3 is 14.9 Å². The second-order valence-corrected chi connectivity index (χ2v) is 3.57. The zero-order valence-electron chi connectivity index (χ0n) is 8.33. The van der Waals surface area contributed by atoms with E-state index in [-0.39, 0.29) is 5.60 Å². The molecule has 13 heavy (non-hydrogen) atoms. The van der Waals surface area contributed by atoms with Gasteiger partial charge in [-0.2, -0.15) is 0 Å². The van der Waals surface area contributed by atoms with Gasteiger partial charge in [0.25, 0.3) is 0 Å². The lowest BCUT2D eigenvalue weighted by Crippen LogP contribution is -2.25. The first kappa shape index (κ1) is 10.2. The Morgan fingerprint density at radius 1 is 1.62 bits per heavy atom. The minimum Gasteiger partial charge on any atom is -0.444 e. The average molecular weight is 184 g/mol. The van der Waals surface area contributed by atoms with Crippen molar-refractivity contribution in [3.05, 3.63) is 17.8 Å². The molecule has 1 rings (SSSR count). The predicted octanol–water partition coefficient (Wildman–Crippen LogP) is 1.10. The van der Waals surface area contributed by atoms with Crippen molar-refractivity contribution in [3.8, 4) is 0 Å². The second-order valence-electron chi connectivity index (χ2n) is 3.57. The van der Waals surface area contributed by atoms with Crippen molar-refractivity contribution < 1.29 is 9.15 Å². The van der Waals surface area contributed by atoms with Crippen molar-refractivity contribution in [2.45, 2.75) is 32.4 Å². The van der Waals surface area contributed by atoms with E-state index < -0.39 is 0 Å². The minimum absolute atomic E-state index is 0.217. The molecule has 4 heteroatoms. The molecule has 0 aliphatic heterocycles. The molecule has 1 heterocycles. The molecular formula is C9H16N2O2. The molecule has 0 amide bonds. The molecule has 0 unspecified atom stereocenters. The van der Waals surface area contributed by atoms with Crippen LogP contribution in [0.5, 0.6) is 0 Å². The fraction of sp³-hybridized carbons (Fsp3) is 0.667. The van der Waals surface area contributed by atoms with E-state index in [1.54, 1.807) is 13.3 Å². The number of nitrogens with two attached hydrogens (primary N) is 1. The summed E-state index contributed by atoms with van der Waals surface area (Å²) < 4.78 is 10.6. The summed E-state index contributed by atoms with van der Waals surface area (Å²) in [5.74, 6) is 1.38. The summed E-state index contributed by atoms with van der Waals surface area (Å²) >= 11 is 0. The molecule has 0 bridgehead atoms. The van der Waals surface area contributed by atoms with E-state index in [0.717, 1.165) is 5.76 Å². The molecular weight excluding hydrogens is 168 g/mol. The lowest BCUT2D eigenvalue weighted by Gasteiger charge is -2.20. The first-order chi connectivity index (χ1) is 6.07. The normalized spacial score (nSPS) is 12.0. The van der Waals surface area contributed by atoms with Crippen molar-refractivity contribution in [1.82, 2.24) is 4.98 Å². The molecule has 0 aliphatic carbocycles. The van der Waals surface area contributed by atoms with Crippen molar-refractivity contribution in [2.75, 3.05) is 7.11 Å². The van der Waals surface area contributed by atoms with Crippen LogP contribution in [0, 0.1) is 0 Å². The van der Waals surface area contributed by atoms with E-state index in [9.17, 15) is 0 Å². The Kier molecular flexibility index (Phi) is 3.06. The van der Waals surface area contributed by atoms with Gasteiger partial charge in [-0.1, -0.05) is 0 Å². The van der Waals surface area contributed by atoms with Gasteiger partial charge in [0.1, 0.15) is 5.76 Å². The Labute approximate surface area is 78.1 Å². The van der Waals surface area contributed by atoms with E-state index >= 15 is 0 Å². The van der Waals surface area contributed by atoms with E-state index in [1.165, 1.54) is 0 Å². The topological polar surface area (TPSA) is 61.3 Å². The van der Waals surface area contributed by atoms with Crippen LogP contribution in [0.4, 0.5) is 0 Å². The summed E-state index contributed by atoms with van der Waals surface area (Å²) in [6.07, 6.45) is 2.40. The highest BCUT2D eigenvalue weighted by atomic mass is 16.5. The van der Waals surface area contributed by atoms with E-state index in [1.807, 2.05) is 13.8 Å². The second kappa shape index (κ2) is 3.89. The maximum Gasteiger partial charge on any atom is 0.208 e. The third kappa shape index (κ3) is 2.82. The zero-order valence-corrected chi connectivity index (χ0v) is 8.33. The first-order valence-corrected chi connectivity index (χ1v) is 4.26. The van der Waals surface area contributed by atoms with E-state index in [2.05, 4.69) is 4.98 Å². The minimum atomic E-state index is -0.217. The van der Waals surface area contributed by atoms with Crippen molar-refractivity contribution in [2.24, 2.45) is 5.73 Å². The number of methoxy groups -OCH3 is 1. The molecule has 0 spiro atoms. The van der Waals surface area contributed by atoms with Gasteiger partial charge in [0.05, 0.1) is 18.3 Å². The highest BCUT2D eigenvalue weighted by molar-refractivity contribution is 4.98. The van der Waals surface area contributed by atoms with Crippen LogP contribution < -0.4 is 5.73 Å². The summed E-state index contributed by atoms with van der Waals surface area (Å²) in [6, 6.07) is 0. The number of rotatable bonds is 4. The summed E-state index contributed by atoms with van der Waals surface area (Å²) in [5.41, 5.74) is 5.16. The number of nitrogens with zero attached hydrogens (tertiary/aromatic N) is 1. The third-order valence-corrected chi connectivity index (χ3v) is 1.93. The standard InChI is InChI=1S/C9H16N2O2/c1-9(2,12-3)4-7-6-11-8(5-10)13-7/h6H,4-5,10H2,1-3H3. The number of aromatic nitrogens is 1. The number of hydrogen-bond donors (Lipinski definition) is 1. The fourth-order valence-electron chi connectivity index (χ4n) is 1.02. The Bertz CT molecular complexity index is 268. The van der Waals surface area contributed by atoms with Crippen LogP contribution in [0.3, 0.4) is 0 Å². The van der Waals surface area contributed by atoms with Crippen LogP contribution >= 0.6 is 0 Å². The van der Waals surface area contributed by atoms with Gasteiger partial charge in [0.2, 0.25) is 5.89 Å². The van der Waals surface area contributed by atoms with Crippen molar-refractivity contribution in [3.63, 3.8) is 0 Å². The SMILES string of the molecule is COC(C)(C)Cc1cnc(CN)o1. The average Bonchev–Trinajstić information content (AvgIpc) is 2.52. The Hall–Kier alpha value is -0.870. The van der Waals surface area contributed by atoms with Crippen LogP contribution in [0.2, 0.25) is 0 Å². The molecule has 0 saturated carbocycles. The predicted molar refractivity (Wildman–Crippen MR) is 49.2 cm³/mol. The summed E-state index contributed by atoms with van der Waals surface area (Å²) in [4.78, 5) is 4.01. The van der Waals surface area contributed by atoms with Crippen LogP contribution in [0.25, 0.3) is 0 Å². The smallest absolute Gasteiger partial charge is 0.208 e. The molecule has 1 aromatic rings. The molecule has 0 saturated heterocycles. The van der Waals surface area contributed by atoms with E-state index in [0.29, 0.717) is 18.9 Å². The van der Waals surface area contributed by atoms with Gasteiger partial charge in [-0.15, -0.1) is 0 Å². The number of oxazole rings is 1. The maximum atomic E-state index is 5.37. The van der Waals surface area contributed by atoms with Gasteiger partial charge in [-0.05, 0) is 13.8 Å². The lowest BCUT2D eigenvalue weighted by atomic mass is 10.0. The van der Waals surface area contributed by atoms with Gasteiger partial charge in [-0.25, -0.2) is 4.98 Å². The Morgan fingerprint density at radius 3 is 2.77 bits per heavy atom. The van der Waals surface area contributed by atoms with Crippen LogP contribution in [-0.4, -0.2) is 17.7 Å². The molecule has 74 valence electrons. The van der Waals surface area contributed by atoms with Crippen molar-refractivity contribution in [1.29, 1.82) is 0 Å². The van der Waals surface area contributed by atoms with Crippen molar-refractivity contribution >= 4 is 0 Å². The molecule has 0 aliphatic rings. The molecule has 0 fully saturated rings. The highest BCUT2D eigenvalue weighted by Crippen LogP contribution is 2.16. The van der Waals surface area contributed by atoms with Gasteiger partial charge >= 0.3 is 0 Å². The number of ether oxygens (including phenoxy) is 1. The van der Waals surface area contributed by atoms with Gasteiger partial charge in [0.15, 0.2) is 0 Å².